The minimum absolute atomic E-state index is 0.0246. The fourth-order valence-corrected chi connectivity index (χ4v) is 2.67. The summed E-state index contributed by atoms with van der Waals surface area (Å²) >= 11 is 0. The molecule has 0 fully saturated rings. The van der Waals surface area contributed by atoms with Crippen molar-refractivity contribution < 1.29 is 18.7 Å². The molecule has 0 radical (unpaired) electrons. The molecule has 1 aliphatic rings. The van der Waals surface area contributed by atoms with Crippen LogP contribution in [0.4, 0.5) is 10.1 Å². The van der Waals surface area contributed by atoms with E-state index in [4.69, 9.17) is 4.74 Å². The van der Waals surface area contributed by atoms with Crippen LogP contribution in [-0.4, -0.2) is 25.0 Å². The van der Waals surface area contributed by atoms with E-state index in [-0.39, 0.29) is 24.2 Å². The zero-order valence-corrected chi connectivity index (χ0v) is 13.7. The lowest BCUT2D eigenvalue weighted by atomic mass is 10.1. The van der Waals surface area contributed by atoms with Crippen molar-refractivity contribution in [3.63, 3.8) is 0 Å². The quantitative estimate of drug-likeness (QED) is 0.847. The maximum Gasteiger partial charge on any atom is 0.262 e. The molecule has 3 rings (SSSR count). The molecule has 0 aliphatic carbocycles. The van der Waals surface area contributed by atoms with Crippen LogP contribution < -0.4 is 15.4 Å². The largest absolute Gasteiger partial charge is 0.482 e. The van der Waals surface area contributed by atoms with Crippen LogP contribution in [0.2, 0.25) is 0 Å². The highest BCUT2D eigenvalue weighted by atomic mass is 19.1. The fourth-order valence-electron chi connectivity index (χ4n) is 2.67. The number of nitrogens with one attached hydrogen (secondary N) is 2. The Kier molecular flexibility index (Phi) is 5.28. The van der Waals surface area contributed by atoms with Crippen LogP contribution in [0.15, 0.2) is 42.5 Å². The average molecular weight is 342 g/mol. The Morgan fingerprint density at radius 3 is 2.88 bits per heavy atom. The Labute approximate surface area is 145 Å². The second kappa shape index (κ2) is 7.79. The van der Waals surface area contributed by atoms with Gasteiger partial charge in [-0.05, 0) is 42.2 Å². The van der Waals surface area contributed by atoms with Crippen molar-refractivity contribution in [2.24, 2.45) is 0 Å². The van der Waals surface area contributed by atoms with E-state index in [0.717, 1.165) is 5.56 Å². The molecule has 0 saturated carbocycles. The zero-order valence-electron chi connectivity index (χ0n) is 13.7. The smallest absolute Gasteiger partial charge is 0.262 e. The lowest BCUT2D eigenvalue weighted by Gasteiger charge is -2.18. The van der Waals surface area contributed by atoms with E-state index < -0.39 is 0 Å². The number of fused-ring (bicyclic) bond motifs is 1. The molecule has 2 N–H and O–H groups in total. The van der Waals surface area contributed by atoms with E-state index in [0.29, 0.717) is 42.8 Å². The van der Waals surface area contributed by atoms with Crippen LogP contribution in [0.1, 0.15) is 17.5 Å². The molecule has 0 saturated heterocycles. The van der Waals surface area contributed by atoms with Crippen LogP contribution in [0, 0.1) is 5.82 Å². The van der Waals surface area contributed by atoms with Crippen LogP contribution in [0.25, 0.3) is 0 Å². The molecule has 2 aromatic rings. The summed E-state index contributed by atoms with van der Waals surface area (Å²) in [7, 11) is 0. The van der Waals surface area contributed by atoms with Gasteiger partial charge in [0.1, 0.15) is 11.6 Å². The molecule has 0 bridgehead atoms. The summed E-state index contributed by atoms with van der Waals surface area (Å²) in [6.45, 7) is 0.421. The van der Waals surface area contributed by atoms with Gasteiger partial charge in [0.25, 0.3) is 5.91 Å². The Morgan fingerprint density at radius 1 is 1.20 bits per heavy atom. The van der Waals surface area contributed by atoms with Gasteiger partial charge in [-0.1, -0.05) is 24.3 Å². The second-order valence-electron chi connectivity index (χ2n) is 5.86. The predicted molar refractivity (Wildman–Crippen MR) is 92.0 cm³/mol. The van der Waals surface area contributed by atoms with Gasteiger partial charge in [-0.25, -0.2) is 4.39 Å². The third-order valence-corrected chi connectivity index (χ3v) is 3.99. The molecular weight excluding hydrogens is 323 g/mol. The van der Waals surface area contributed by atoms with Crippen LogP contribution >= 0.6 is 0 Å². The topological polar surface area (TPSA) is 67.4 Å². The zero-order chi connectivity index (χ0) is 17.6. The highest BCUT2D eigenvalue weighted by Crippen LogP contribution is 2.28. The van der Waals surface area contributed by atoms with Gasteiger partial charge >= 0.3 is 0 Å². The van der Waals surface area contributed by atoms with Crippen LogP contribution in [0.3, 0.4) is 0 Å². The van der Waals surface area contributed by atoms with E-state index >= 15 is 0 Å². The second-order valence-corrected chi connectivity index (χ2v) is 5.86. The van der Waals surface area contributed by atoms with E-state index in [1.54, 1.807) is 24.3 Å². The number of carbonyl (C=O) groups excluding carboxylic acids is 2. The normalized spacial score (nSPS) is 12.8. The number of ether oxygens (including phenoxy) is 1. The van der Waals surface area contributed by atoms with E-state index in [2.05, 4.69) is 10.6 Å². The number of carbonyl (C=O) groups is 2. The molecule has 1 aliphatic heterocycles. The minimum atomic E-state index is -0.255. The van der Waals surface area contributed by atoms with Gasteiger partial charge in [-0.2, -0.15) is 0 Å². The third kappa shape index (κ3) is 4.56. The van der Waals surface area contributed by atoms with Crippen molar-refractivity contribution in [1.29, 1.82) is 0 Å². The predicted octanol–water partition coefficient (Wildman–Crippen LogP) is 2.45. The molecule has 0 spiro atoms. The highest BCUT2D eigenvalue weighted by Gasteiger charge is 2.16. The number of amides is 2. The van der Waals surface area contributed by atoms with Crippen LogP contribution in [0.5, 0.6) is 5.75 Å². The highest BCUT2D eigenvalue weighted by molar-refractivity contribution is 5.95. The summed E-state index contributed by atoms with van der Waals surface area (Å²) in [5.74, 6) is 0.109. The number of anilines is 1. The first kappa shape index (κ1) is 17.0. The molecule has 25 heavy (non-hydrogen) atoms. The number of aryl methyl sites for hydroxylation is 1. The lowest BCUT2D eigenvalue weighted by molar-refractivity contribution is -0.121. The fraction of sp³-hybridized carbons (Fsp3) is 0.263. The Morgan fingerprint density at radius 2 is 2.04 bits per heavy atom. The van der Waals surface area contributed by atoms with Crippen molar-refractivity contribution in [2.45, 2.75) is 19.3 Å². The molecule has 5 nitrogen and oxygen atoms in total. The van der Waals surface area contributed by atoms with Gasteiger partial charge in [-0.15, -0.1) is 0 Å². The van der Waals surface area contributed by atoms with Crippen molar-refractivity contribution in [3.8, 4) is 5.75 Å². The molecule has 0 unspecified atom stereocenters. The molecular formula is C19H19FN2O3. The van der Waals surface area contributed by atoms with Crippen molar-refractivity contribution in [3.05, 3.63) is 59.4 Å². The SMILES string of the molecule is O=C(CCc1ccc2c(c1)NC(=O)CO2)NCCc1ccccc1F. The summed E-state index contributed by atoms with van der Waals surface area (Å²) in [5.41, 5.74) is 2.16. The molecule has 2 aromatic carbocycles. The van der Waals surface area contributed by atoms with Crippen molar-refractivity contribution in [1.82, 2.24) is 5.32 Å². The first-order valence-corrected chi connectivity index (χ1v) is 8.17. The molecule has 2 amide bonds. The number of halogens is 1. The Bertz CT molecular complexity index is 792. The van der Waals surface area contributed by atoms with Gasteiger partial charge in [0.2, 0.25) is 5.91 Å². The van der Waals surface area contributed by atoms with Gasteiger partial charge in [0, 0.05) is 13.0 Å². The van der Waals surface area contributed by atoms with Gasteiger partial charge < -0.3 is 15.4 Å². The third-order valence-electron chi connectivity index (χ3n) is 3.99. The van der Waals surface area contributed by atoms with Crippen LogP contribution in [-0.2, 0) is 22.4 Å². The first-order chi connectivity index (χ1) is 12.1. The summed E-state index contributed by atoms with van der Waals surface area (Å²) in [6, 6.07) is 12.0. The minimum Gasteiger partial charge on any atom is -0.482 e. The number of hydrogen-bond acceptors (Lipinski definition) is 3. The molecule has 0 atom stereocenters. The van der Waals surface area contributed by atoms with Crippen molar-refractivity contribution >= 4 is 17.5 Å². The molecule has 130 valence electrons. The molecule has 0 aromatic heterocycles. The van der Waals surface area contributed by atoms with E-state index in [9.17, 15) is 14.0 Å². The van der Waals surface area contributed by atoms with Crippen molar-refractivity contribution in [2.75, 3.05) is 18.5 Å². The molecule has 6 heteroatoms. The molecule has 1 heterocycles. The Hall–Kier alpha value is -2.89. The van der Waals surface area contributed by atoms with Gasteiger partial charge in [-0.3, -0.25) is 9.59 Å². The van der Waals surface area contributed by atoms with Gasteiger partial charge in [0.15, 0.2) is 6.61 Å². The van der Waals surface area contributed by atoms with E-state index in [1.165, 1.54) is 6.07 Å². The monoisotopic (exact) mass is 342 g/mol. The number of benzene rings is 2. The maximum atomic E-state index is 13.5. The average Bonchev–Trinajstić information content (AvgIpc) is 2.61. The summed E-state index contributed by atoms with van der Waals surface area (Å²) < 4.78 is 18.8. The number of rotatable bonds is 6. The number of hydrogen-bond donors (Lipinski definition) is 2. The summed E-state index contributed by atoms with van der Waals surface area (Å²) in [4.78, 5) is 23.3. The standard InChI is InChI=1S/C19H19FN2O3/c20-15-4-2-1-3-14(15)9-10-21-18(23)8-6-13-5-7-17-16(11-13)22-19(24)12-25-17/h1-5,7,11H,6,8-10,12H2,(H,21,23)(H,22,24). The summed E-state index contributed by atoms with van der Waals surface area (Å²) in [5, 5.41) is 5.54. The van der Waals surface area contributed by atoms with Gasteiger partial charge in [0.05, 0.1) is 5.69 Å². The lowest BCUT2D eigenvalue weighted by Crippen LogP contribution is -2.26. The maximum absolute atomic E-state index is 13.5. The summed E-state index contributed by atoms with van der Waals surface area (Å²) in [6.07, 6.45) is 1.33. The van der Waals surface area contributed by atoms with E-state index in [1.807, 2.05) is 12.1 Å². The first-order valence-electron chi connectivity index (χ1n) is 8.17. The Balaban J connectivity index is 1.45.